The number of ether oxygens (including phenoxy) is 1. The predicted octanol–water partition coefficient (Wildman–Crippen LogP) is 1.38. The molecule has 1 aliphatic heterocycles. The van der Waals surface area contributed by atoms with Gasteiger partial charge in [-0.3, -0.25) is 4.79 Å². The molecule has 1 heterocycles. The number of hydrogen-bond acceptors (Lipinski definition) is 3. The Morgan fingerprint density at radius 2 is 2.46 bits per heavy atom. The van der Waals surface area contributed by atoms with Crippen LogP contribution in [0.1, 0.15) is 33.1 Å². The van der Waals surface area contributed by atoms with Gasteiger partial charge < -0.3 is 10.5 Å². The van der Waals surface area contributed by atoms with Crippen molar-refractivity contribution in [3.8, 4) is 0 Å². The zero-order chi connectivity index (χ0) is 9.90. The van der Waals surface area contributed by atoms with Crippen molar-refractivity contribution in [1.82, 2.24) is 0 Å². The molecule has 0 aromatic carbocycles. The van der Waals surface area contributed by atoms with Crippen LogP contribution in [0.25, 0.3) is 0 Å². The molecule has 1 aliphatic rings. The molecule has 0 spiro atoms. The van der Waals surface area contributed by atoms with E-state index in [2.05, 4.69) is 0 Å². The first-order valence-electron chi connectivity index (χ1n) is 4.72. The summed E-state index contributed by atoms with van der Waals surface area (Å²) in [6.45, 7) is 4.40. The number of rotatable bonds is 3. The molecule has 0 bridgehead atoms. The average Bonchev–Trinajstić information content (AvgIpc) is 2.18. The monoisotopic (exact) mass is 183 g/mol. The fourth-order valence-electron chi connectivity index (χ4n) is 1.26. The zero-order valence-corrected chi connectivity index (χ0v) is 8.30. The summed E-state index contributed by atoms with van der Waals surface area (Å²) in [6.07, 6.45) is 3.93. The van der Waals surface area contributed by atoms with Gasteiger partial charge in [-0.2, -0.15) is 0 Å². The van der Waals surface area contributed by atoms with Gasteiger partial charge in [0.25, 0.3) is 0 Å². The standard InChI is InChI=1S/C10H17NO2/c1-3-10(2,11)9(12)8-5-4-6-13-7-8/h7H,3-6,11H2,1-2H3. The summed E-state index contributed by atoms with van der Waals surface area (Å²) in [6, 6.07) is 0. The van der Waals surface area contributed by atoms with E-state index in [0.717, 1.165) is 18.4 Å². The van der Waals surface area contributed by atoms with Gasteiger partial charge in [0.05, 0.1) is 18.4 Å². The molecule has 1 rings (SSSR count). The molecular weight excluding hydrogens is 166 g/mol. The van der Waals surface area contributed by atoms with Gasteiger partial charge in [0.2, 0.25) is 0 Å². The van der Waals surface area contributed by atoms with Crippen molar-refractivity contribution in [3.05, 3.63) is 11.8 Å². The normalized spacial score (nSPS) is 21.3. The van der Waals surface area contributed by atoms with Gasteiger partial charge in [-0.1, -0.05) is 6.92 Å². The molecular formula is C10H17NO2. The number of Topliss-reactive ketones (excluding diaryl/α,β-unsaturated/α-hetero) is 1. The third kappa shape index (κ3) is 2.31. The summed E-state index contributed by atoms with van der Waals surface area (Å²) in [5.41, 5.74) is 5.85. The van der Waals surface area contributed by atoms with E-state index in [1.807, 2.05) is 6.92 Å². The Morgan fingerprint density at radius 1 is 1.77 bits per heavy atom. The van der Waals surface area contributed by atoms with E-state index in [1.165, 1.54) is 0 Å². The topological polar surface area (TPSA) is 52.3 Å². The second kappa shape index (κ2) is 3.92. The fourth-order valence-corrected chi connectivity index (χ4v) is 1.26. The molecule has 0 aromatic heterocycles. The summed E-state index contributed by atoms with van der Waals surface area (Å²) >= 11 is 0. The lowest BCUT2D eigenvalue weighted by atomic mass is 9.88. The van der Waals surface area contributed by atoms with Crippen LogP contribution >= 0.6 is 0 Å². The molecule has 2 N–H and O–H groups in total. The molecule has 13 heavy (non-hydrogen) atoms. The van der Waals surface area contributed by atoms with Gasteiger partial charge in [0.15, 0.2) is 5.78 Å². The van der Waals surface area contributed by atoms with E-state index in [0.29, 0.717) is 13.0 Å². The molecule has 3 nitrogen and oxygen atoms in total. The number of carbonyl (C=O) groups excluding carboxylic acids is 1. The maximum atomic E-state index is 11.8. The van der Waals surface area contributed by atoms with Gasteiger partial charge >= 0.3 is 0 Å². The third-order valence-corrected chi connectivity index (χ3v) is 2.48. The molecule has 0 aromatic rings. The lowest BCUT2D eigenvalue weighted by Gasteiger charge is -2.23. The number of hydrogen-bond donors (Lipinski definition) is 1. The van der Waals surface area contributed by atoms with Crippen LogP contribution in [0.5, 0.6) is 0 Å². The van der Waals surface area contributed by atoms with Gasteiger partial charge in [0, 0.05) is 5.57 Å². The van der Waals surface area contributed by atoms with E-state index in [-0.39, 0.29) is 5.78 Å². The molecule has 0 radical (unpaired) electrons. The van der Waals surface area contributed by atoms with E-state index >= 15 is 0 Å². The van der Waals surface area contributed by atoms with E-state index in [9.17, 15) is 4.79 Å². The van der Waals surface area contributed by atoms with E-state index in [1.54, 1.807) is 13.2 Å². The Bertz CT molecular complexity index is 231. The van der Waals surface area contributed by atoms with Crippen LogP contribution in [0.4, 0.5) is 0 Å². The lowest BCUT2D eigenvalue weighted by Crippen LogP contribution is -2.45. The van der Waals surface area contributed by atoms with Crippen LogP contribution in [-0.2, 0) is 9.53 Å². The van der Waals surface area contributed by atoms with Crippen molar-refractivity contribution < 1.29 is 9.53 Å². The first kappa shape index (κ1) is 10.3. The quantitative estimate of drug-likeness (QED) is 0.719. The SMILES string of the molecule is CCC(C)(N)C(=O)C1=COCCC1. The zero-order valence-electron chi connectivity index (χ0n) is 8.30. The van der Waals surface area contributed by atoms with Crippen LogP contribution in [0.2, 0.25) is 0 Å². The molecule has 0 saturated carbocycles. The van der Waals surface area contributed by atoms with E-state index in [4.69, 9.17) is 10.5 Å². The average molecular weight is 183 g/mol. The first-order chi connectivity index (χ1) is 6.08. The van der Waals surface area contributed by atoms with Crippen molar-refractivity contribution in [2.45, 2.75) is 38.6 Å². The molecule has 74 valence electrons. The Kier molecular flexibility index (Phi) is 3.09. The minimum absolute atomic E-state index is 0.0229. The molecule has 0 fully saturated rings. The van der Waals surface area contributed by atoms with Crippen molar-refractivity contribution in [2.24, 2.45) is 5.73 Å². The van der Waals surface area contributed by atoms with Crippen LogP contribution in [-0.4, -0.2) is 17.9 Å². The summed E-state index contributed by atoms with van der Waals surface area (Å²) in [5, 5.41) is 0. The number of ketones is 1. The van der Waals surface area contributed by atoms with Crippen LogP contribution in [0.15, 0.2) is 11.8 Å². The van der Waals surface area contributed by atoms with Gasteiger partial charge in [-0.25, -0.2) is 0 Å². The predicted molar refractivity (Wildman–Crippen MR) is 51.2 cm³/mol. The smallest absolute Gasteiger partial charge is 0.181 e. The highest BCUT2D eigenvalue weighted by Crippen LogP contribution is 2.19. The Hall–Kier alpha value is -0.830. The highest BCUT2D eigenvalue weighted by Gasteiger charge is 2.29. The van der Waals surface area contributed by atoms with Crippen molar-refractivity contribution in [3.63, 3.8) is 0 Å². The lowest BCUT2D eigenvalue weighted by molar-refractivity contribution is -0.120. The summed E-state index contributed by atoms with van der Waals surface area (Å²) in [5.74, 6) is 0.0229. The summed E-state index contributed by atoms with van der Waals surface area (Å²) in [4.78, 5) is 11.8. The Balaban J connectivity index is 2.71. The molecule has 0 aliphatic carbocycles. The fraction of sp³-hybridized carbons (Fsp3) is 0.700. The maximum Gasteiger partial charge on any atom is 0.181 e. The van der Waals surface area contributed by atoms with Crippen molar-refractivity contribution >= 4 is 5.78 Å². The molecule has 3 heteroatoms. The first-order valence-corrected chi connectivity index (χ1v) is 4.72. The van der Waals surface area contributed by atoms with Crippen LogP contribution < -0.4 is 5.73 Å². The third-order valence-electron chi connectivity index (χ3n) is 2.48. The van der Waals surface area contributed by atoms with Crippen molar-refractivity contribution in [1.29, 1.82) is 0 Å². The number of nitrogens with two attached hydrogens (primary N) is 1. The minimum atomic E-state index is -0.730. The summed E-state index contributed by atoms with van der Waals surface area (Å²) in [7, 11) is 0. The van der Waals surface area contributed by atoms with Gasteiger partial charge in [-0.05, 0) is 26.2 Å². The number of carbonyl (C=O) groups is 1. The molecule has 1 unspecified atom stereocenters. The highest BCUT2D eigenvalue weighted by molar-refractivity contribution is 6.02. The highest BCUT2D eigenvalue weighted by atomic mass is 16.5. The Labute approximate surface area is 78.9 Å². The second-order valence-electron chi connectivity index (χ2n) is 3.72. The minimum Gasteiger partial charge on any atom is -0.501 e. The molecule has 0 amide bonds. The van der Waals surface area contributed by atoms with E-state index < -0.39 is 5.54 Å². The maximum absolute atomic E-state index is 11.8. The van der Waals surface area contributed by atoms with Gasteiger partial charge in [0.1, 0.15) is 0 Å². The van der Waals surface area contributed by atoms with Crippen LogP contribution in [0, 0.1) is 0 Å². The second-order valence-corrected chi connectivity index (χ2v) is 3.72. The van der Waals surface area contributed by atoms with Crippen LogP contribution in [0.3, 0.4) is 0 Å². The van der Waals surface area contributed by atoms with Gasteiger partial charge in [-0.15, -0.1) is 0 Å². The molecule has 1 atom stereocenters. The molecule has 0 saturated heterocycles. The Morgan fingerprint density at radius 3 is 2.92 bits per heavy atom. The summed E-state index contributed by atoms with van der Waals surface area (Å²) < 4.78 is 5.10. The largest absolute Gasteiger partial charge is 0.501 e. The van der Waals surface area contributed by atoms with Crippen molar-refractivity contribution in [2.75, 3.05) is 6.61 Å².